The van der Waals surface area contributed by atoms with Crippen LogP contribution in [0.25, 0.3) is 10.9 Å². The zero-order chi connectivity index (χ0) is 17.2. The molecule has 0 aliphatic carbocycles. The fourth-order valence-corrected chi connectivity index (χ4v) is 3.41. The molecule has 0 N–H and O–H groups in total. The van der Waals surface area contributed by atoms with E-state index in [0.717, 1.165) is 19.4 Å². The smallest absolute Gasteiger partial charge is 0.244 e. The topological polar surface area (TPSA) is 73.0 Å². The Hall–Kier alpha value is -2.96. The fourth-order valence-electron chi connectivity index (χ4n) is 3.41. The first kappa shape index (κ1) is 15.6. The summed E-state index contributed by atoms with van der Waals surface area (Å²) in [7, 11) is 0. The second-order valence-corrected chi connectivity index (χ2v) is 6.31. The van der Waals surface area contributed by atoms with Gasteiger partial charge in [-0.05, 0) is 31.0 Å². The van der Waals surface area contributed by atoms with Gasteiger partial charge in [0.05, 0.1) is 17.8 Å². The summed E-state index contributed by atoms with van der Waals surface area (Å²) < 4.78 is 3.53. The van der Waals surface area contributed by atoms with Crippen LogP contribution in [-0.2, 0) is 11.3 Å². The summed E-state index contributed by atoms with van der Waals surface area (Å²) in [6, 6.07) is 9.35. The summed E-state index contributed by atoms with van der Waals surface area (Å²) in [6.07, 6.45) is 6.95. The van der Waals surface area contributed by atoms with Gasteiger partial charge in [0.15, 0.2) is 0 Å². The van der Waals surface area contributed by atoms with E-state index in [1.807, 2.05) is 40.0 Å². The Morgan fingerprint density at radius 2 is 2.08 bits per heavy atom. The van der Waals surface area contributed by atoms with Crippen LogP contribution in [0.1, 0.15) is 18.9 Å². The number of hydrogen-bond acceptors (Lipinski definition) is 4. The number of carbonyl (C=O) groups excluding carboxylic acids is 1. The van der Waals surface area contributed by atoms with Gasteiger partial charge in [-0.25, -0.2) is 0 Å². The number of likely N-dealkylation sites (tertiary alicyclic amines) is 1. The van der Waals surface area contributed by atoms with Gasteiger partial charge < -0.3 is 4.90 Å². The minimum Gasteiger partial charge on any atom is -0.339 e. The normalized spacial score (nSPS) is 17.8. The Balaban J connectivity index is 1.54. The van der Waals surface area contributed by atoms with Crippen LogP contribution in [0, 0.1) is 0 Å². The van der Waals surface area contributed by atoms with E-state index < -0.39 is 0 Å². The monoisotopic (exact) mass is 337 g/mol. The van der Waals surface area contributed by atoms with Crippen LogP contribution >= 0.6 is 0 Å². The van der Waals surface area contributed by atoms with Gasteiger partial charge in [0.25, 0.3) is 0 Å². The lowest BCUT2D eigenvalue weighted by Gasteiger charge is -2.33. The van der Waals surface area contributed by atoms with E-state index in [1.165, 1.54) is 6.20 Å². The van der Waals surface area contributed by atoms with Crippen LogP contribution in [0.3, 0.4) is 0 Å². The van der Waals surface area contributed by atoms with Gasteiger partial charge in [0, 0.05) is 30.9 Å². The van der Waals surface area contributed by atoms with E-state index in [4.69, 9.17) is 0 Å². The van der Waals surface area contributed by atoms with Crippen molar-refractivity contribution in [2.45, 2.75) is 25.4 Å². The molecule has 1 atom stereocenters. The van der Waals surface area contributed by atoms with Crippen molar-refractivity contribution in [2.24, 2.45) is 0 Å². The van der Waals surface area contributed by atoms with E-state index in [-0.39, 0.29) is 23.9 Å². The second kappa shape index (κ2) is 6.51. The minimum absolute atomic E-state index is 0.0122. The molecule has 3 aromatic rings. The SMILES string of the molecule is O=C(Cn1ncc(=O)c2ccccc21)N1CCC[C@@H](n2cccn2)C1. The zero-order valence-electron chi connectivity index (χ0n) is 13.8. The zero-order valence-corrected chi connectivity index (χ0v) is 13.8. The predicted octanol–water partition coefficient (Wildman–Crippen LogP) is 1.46. The maximum absolute atomic E-state index is 12.8. The summed E-state index contributed by atoms with van der Waals surface area (Å²) in [6.45, 7) is 1.53. The Labute approximate surface area is 144 Å². The number of para-hydroxylation sites is 1. The van der Waals surface area contributed by atoms with Crippen LogP contribution in [0.15, 0.2) is 53.7 Å². The number of amides is 1. The quantitative estimate of drug-likeness (QED) is 0.725. The van der Waals surface area contributed by atoms with Gasteiger partial charge in [0.1, 0.15) is 6.54 Å². The number of fused-ring (bicyclic) bond motifs is 1. The summed E-state index contributed by atoms with van der Waals surface area (Å²) in [4.78, 5) is 26.5. The van der Waals surface area contributed by atoms with Crippen molar-refractivity contribution in [2.75, 3.05) is 13.1 Å². The molecule has 1 amide bonds. The highest BCUT2D eigenvalue weighted by Gasteiger charge is 2.25. The number of benzene rings is 1. The molecule has 1 aliphatic heterocycles. The summed E-state index contributed by atoms with van der Waals surface area (Å²) in [5.74, 6) is 0.0122. The molecule has 2 aromatic heterocycles. The molecule has 0 radical (unpaired) electrons. The summed E-state index contributed by atoms with van der Waals surface area (Å²) in [5, 5.41) is 9.03. The third kappa shape index (κ3) is 3.05. The number of nitrogens with zero attached hydrogens (tertiary/aromatic N) is 5. The van der Waals surface area contributed by atoms with Crippen molar-refractivity contribution < 1.29 is 4.79 Å². The minimum atomic E-state index is -0.129. The van der Waals surface area contributed by atoms with Gasteiger partial charge in [-0.15, -0.1) is 0 Å². The third-order valence-electron chi connectivity index (χ3n) is 4.70. The molecule has 0 bridgehead atoms. The average molecular weight is 337 g/mol. The standard InChI is InChI=1S/C18H19N5O2/c24-17-11-20-23(16-7-2-1-6-15(16)17)13-18(25)21-9-3-5-14(12-21)22-10-4-8-19-22/h1-2,4,6-8,10-11,14H,3,5,9,12-13H2/t14-/m1/s1. The van der Waals surface area contributed by atoms with Crippen molar-refractivity contribution in [3.8, 4) is 0 Å². The lowest BCUT2D eigenvalue weighted by molar-refractivity contribution is -0.133. The van der Waals surface area contributed by atoms with Crippen LogP contribution in [-0.4, -0.2) is 43.5 Å². The number of carbonyl (C=O) groups is 1. The maximum Gasteiger partial charge on any atom is 0.244 e. The molecule has 7 heteroatoms. The Morgan fingerprint density at radius 3 is 2.92 bits per heavy atom. The average Bonchev–Trinajstić information content (AvgIpc) is 3.19. The largest absolute Gasteiger partial charge is 0.339 e. The summed E-state index contributed by atoms with van der Waals surface area (Å²) >= 11 is 0. The Kier molecular flexibility index (Phi) is 4.05. The highest BCUT2D eigenvalue weighted by molar-refractivity contribution is 5.81. The molecule has 1 fully saturated rings. The van der Waals surface area contributed by atoms with E-state index >= 15 is 0 Å². The Bertz CT molecular complexity index is 948. The van der Waals surface area contributed by atoms with Crippen molar-refractivity contribution in [1.29, 1.82) is 0 Å². The fraction of sp³-hybridized carbons (Fsp3) is 0.333. The van der Waals surface area contributed by atoms with Gasteiger partial charge in [-0.2, -0.15) is 10.2 Å². The van der Waals surface area contributed by atoms with Crippen LogP contribution in [0.5, 0.6) is 0 Å². The molecule has 7 nitrogen and oxygen atoms in total. The first-order valence-corrected chi connectivity index (χ1v) is 8.44. The van der Waals surface area contributed by atoms with Crippen molar-refractivity contribution in [3.63, 3.8) is 0 Å². The van der Waals surface area contributed by atoms with Crippen LogP contribution in [0.4, 0.5) is 0 Å². The van der Waals surface area contributed by atoms with Crippen LogP contribution in [0.2, 0.25) is 0 Å². The van der Waals surface area contributed by atoms with E-state index in [9.17, 15) is 9.59 Å². The number of hydrogen-bond donors (Lipinski definition) is 0. The first-order chi connectivity index (χ1) is 12.2. The maximum atomic E-state index is 12.8. The predicted molar refractivity (Wildman–Crippen MR) is 93.1 cm³/mol. The molecule has 4 rings (SSSR count). The molecule has 0 unspecified atom stereocenters. The first-order valence-electron chi connectivity index (χ1n) is 8.44. The molecule has 1 aromatic carbocycles. The lowest BCUT2D eigenvalue weighted by Crippen LogP contribution is -2.42. The number of rotatable bonds is 3. The highest BCUT2D eigenvalue weighted by atomic mass is 16.2. The van der Waals surface area contributed by atoms with Crippen molar-refractivity contribution >= 4 is 16.8 Å². The molecule has 0 spiro atoms. The molecule has 1 saturated heterocycles. The summed E-state index contributed by atoms with van der Waals surface area (Å²) in [5.41, 5.74) is 0.556. The third-order valence-corrected chi connectivity index (χ3v) is 4.70. The van der Waals surface area contributed by atoms with Gasteiger partial charge in [-0.3, -0.25) is 19.0 Å². The molecule has 25 heavy (non-hydrogen) atoms. The van der Waals surface area contributed by atoms with E-state index in [2.05, 4.69) is 10.2 Å². The second-order valence-electron chi connectivity index (χ2n) is 6.31. The molecule has 1 aliphatic rings. The van der Waals surface area contributed by atoms with Crippen molar-refractivity contribution in [1.82, 2.24) is 24.5 Å². The molecular weight excluding hydrogens is 318 g/mol. The molecule has 128 valence electrons. The molecular formula is C18H19N5O2. The van der Waals surface area contributed by atoms with Gasteiger partial charge in [0.2, 0.25) is 11.3 Å². The molecule has 0 saturated carbocycles. The van der Waals surface area contributed by atoms with Gasteiger partial charge in [-0.1, -0.05) is 12.1 Å². The van der Waals surface area contributed by atoms with Crippen molar-refractivity contribution in [3.05, 3.63) is 59.1 Å². The van der Waals surface area contributed by atoms with Gasteiger partial charge >= 0.3 is 0 Å². The van der Waals surface area contributed by atoms with E-state index in [0.29, 0.717) is 17.4 Å². The van der Waals surface area contributed by atoms with E-state index in [1.54, 1.807) is 16.9 Å². The number of piperidine rings is 1. The Morgan fingerprint density at radius 1 is 1.20 bits per heavy atom. The molecule has 3 heterocycles. The lowest BCUT2D eigenvalue weighted by atomic mass is 10.1. The highest BCUT2D eigenvalue weighted by Crippen LogP contribution is 2.21. The number of aromatic nitrogens is 4. The van der Waals surface area contributed by atoms with Crippen LogP contribution < -0.4 is 5.43 Å².